The van der Waals surface area contributed by atoms with Crippen molar-refractivity contribution >= 4 is 29.5 Å². The summed E-state index contributed by atoms with van der Waals surface area (Å²) in [6.07, 6.45) is 1.12. The van der Waals surface area contributed by atoms with Crippen molar-refractivity contribution in [1.29, 1.82) is 0 Å². The average Bonchev–Trinajstić information content (AvgIpc) is 2.95. The number of thioether (sulfide) groups is 2. The molecule has 3 heterocycles. The first-order chi connectivity index (χ1) is 9.74. The minimum Gasteiger partial charge on any atom is -0.462 e. The summed E-state index contributed by atoms with van der Waals surface area (Å²) in [6.45, 7) is 8.89. The summed E-state index contributed by atoms with van der Waals surface area (Å²) in [5.41, 5.74) is -0.0666. The molecule has 3 rings (SSSR count). The Kier molecular flexibility index (Phi) is 4.05. The van der Waals surface area contributed by atoms with Crippen molar-refractivity contribution in [3.8, 4) is 0 Å². The normalized spacial score (nSPS) is 36.9. The van der Waals surface area contributed by atoms with Gasteiger partial charge in [0.15, 0.2) is 5.79 Å². The largest absolute Gasteiger partial charge is 0.462 e. The van der Waals surface area contributed by atoms with Gasteiger partial charge in [0.25, 0.3) is 0 Å². The molecule has 0 bridgehead atoms. The van der Waals surface area contributed by atoms with Crippen LogP contribution in [0.3, 0.4) is 0 Å². The molecule has 0 aliphatic carbocycles. The van der Waals surface area contributed by atoms with Gasteiger partial charge in [-0.2, -0.15) is 0 Å². The maximum atomic E-state index is 12.1. The molecule has 3 aliphatic rings. The zero-order valence-corrected chi connectivity index (χ0v) is 14.8. The van der Waals surface area contributed by atoms with E-state index in [2.05, 4.69) is 13.8 Å². The number of ether oxygens (including phenoxy) is 3. The molecular formula is C15H24O4S2. The Labute approximate surface area is 135 Å². The van der Waals surface area contributed by atoms with Gasteiger partial charge in [-0.25, -0.2) is 0 Å². The molecule has 0 amide bonds. The molecule has 2 atom stereocenters. The Hall–Kier alpha value is 0.0900. The van der Waals surface area contributed by atoms with Gasteiger partial charge in [-0.15, -0.1) is 23.5 Å². The van der Waals surface area contributed by atoms with Crippen LogP contribution in [0.2, 0.25) is 0 Å². The number of hydrogen-bond acceptors (Lipinski definition) is 6. The molecule has 0 aromatic rings. The van der Waals surface area contributed by atoms with Crippen molar-refractivity contribution < 1.29 is 19.0 Å². The van der Waals surface area contributed by atoms with Gasteiger partial charge in [0, 0.05) is 23.3 Å². The van der Waals surface area contributed by atoms with E-state index in [0.29, 0.717) is 19.4 Å². The highest BCUT2D eigenvalue weighted by Gasteiger charge is 2.58. The number of hydrogen-bond donors (Lipinski definition) is 0. The summed E-state index contributed by atoms with van der Waals surface area (Å²) >= 11 is 3.86. The third-order valence-corrected chi connectivity index (χ3v) is 8.79. The maximum absolute atomic E-state index is 12.1. The topological polar surface area (TPSA) is 44.8 Å². The first-order valence-electron chi connectivity index (χ1n) is 7.53. The van der Waals surface area contributed by atoms with Gasteiger partial charge < -0.3 is 14.2 Å². The lowest BCUT2D eigenvalue weighted by molar-refractivity contribution is -0.172. The zero-order chi connectivity index (χ0) is 15.3. The molecule has 0 saturated carbocycles. The van der Waals surface area contributed by atoms with Crippen LogP contribution in [-0.4, -0.2) is 46.2 Å². The summed E-state index contributed by atoms with van der Waals surface area (Å²) in [5.74, 6) is 1.63. The third-order valence-electron chi connectivity index (χ3n) is 4.74. The number of carbonyl (C=O) groups is 1. The summed E-state index contributed by atoms with van der Waals surface area (Å²) in [7, 11) is 0. The quantitative estimate of drug-likeness (QED) is 0.724. The van der Waals surface area contributed by atoms with Crippen molar-refractivity contribution in [3.05, 3.63) is 0 Å². The van der Waals surface area contributed by atoms with Crippen LogP contribution in [0.1, 0.15) is 40.5 Å². The molecule has 21 heavy (non-hydrogen) atoms. The van der Waals surface area contributed by atoms with Gasteiger partial charge in [0.1, 0.15) is 6.10 Å². The van der Waals surface area contributed by atoms with Gasteiger partial charge >= 0.3 is 5.97 Å². The lowest BCUT2D eigenvalue weighted by Gasteiger charge is -2.50. The number of rotatable bonds is 2. The fraction of sp³-hybridized carbons (Fsp3) is 0.933. The van der Waals surface area contributed by atoms with Crippen molar-refractivity contribution in [3.63, 3.8) is 0 Å². The highest BCUT2D eigenvalue weighted by Crippen LogP contribution is 2.61. The highest BCUT2D eigenvalue weighted by molar-refractivity contribution is 8.21. The van der Waals surface area contributed by atoms with Gasteiger partial charge in [-0.1, -0.05) is 13.8 Å². The third kappa shape index (κ3) is 2.84. The van der Waals surface area contributed by atoms with Crippen LogP contribution in [0.4, 0.5) is 0 Å². The molecule has 1 spiro atoms. The number of esters is 1. The first-order valence-corrected chi connectivity index (χ1v) is 9.50. The average molecular weight is 332 g/mol. The minimum atomic E-state index is -0.526. The fourth-order valence-corrected chi connectivity index (χ4v) is 7.01. The van der Waals surface area contributed by atoms with E-state index in [4.69, 9.17) is 14.2 Å². The molecule has 6 heteroatoms. The van der Waals surface area contributed by atoms with Gasteiger partial charge in [-0.3, -0.25) is 4.79 Å². The standard InChI is InChI=1S/C15H24O4S2/c1-13(2)11(7-10-9-17-14(3,4)19-10)18-12(16)8-15(13)20-5-6-21-15/h10-11H,5-9H2,1-4H3/t10-,11+/m0/s1. The van der Waals surface area contributed by atoms with E-state index in [1.165, 1.54) is 0 Å². The van der Waals surface area contributed by atoms with Gasteiger partial charge in [0.05, 0.1) is 23.2 Å². The van der Waals surface area contributed by atoms with Crippen molar-refractivity contribution in [1.82, 2.24) is 0 Å². The van der Waals surface area contributed by atoms with E-state index < -0.39 is 5.79 Å². The fourth-order valence-electron chi connectivity index (χ4n) is 3.40. The molecule has 0 aromatic heterocycles. The smallest absolute Gasteiger partial charge is 0.308 e. The predicted molar refractivity (Wildman–Crippen MR) is 85.4 cm³/mol. The van der Waals surface area contributed by atoms with Gasteiger partial charge in [0.2, 0.25) is 0 Å². The zero-order valence-electron chi connectivity index (χ0n) is 13.1. The van der Waals surface area contributed by atoms with E-state index in [0.717, 1.165) is 11.5 Å². The lowest BCUT2D eigenvalue weighted by atomic mass is 9.76. The number of cyclic esters (lactones) is 1. The molecule has 3 fully saturated rings. The van der Waals surface area contributed by atoms with Gasteiger partial charge in [-0.05, 0) is 13.8 Å². The van der Waals surface area contributed by atoms with E-state index in [9.17, 15) is 4.79 Å². The summed E-state index contributed by atoms with van der Waals surface area (Å²) in [5, 5.41) is 0. The van der Waals surface area contributed by atoms with Crippen LogP contribution < -0.4 is 0 Å². The predicted octanol–water partition coefficient (Wildman–Crippen LogP) is 3.05. The molecule has 3 saturated heterocycles. The minimum absolute atomic E-state index is 0.00336. The SMILES string of the molecule is CC1(C)OC[C@H](C[C@H]2OC(=O)CC3(SCCS3)C2(C)C)O1. The Morgan fingerprint density at radius 1 is 1.19 bits per heavy atom. The van der Waals surface area contributed by atoms with Crippen LogP contribution in [0.5, 0.6) is 0 Å². The second-order valence-electron chi connectivity index (χ2n) is 7.01. The molecule has 0 radical (unpaired) electrons. The molecular weight excluding hydrogens is 308 g/mol. The van der Waals surface area contributed by atoms with Crippen molar-refractivity contribution in [2.75, 3.05) is 18.1 Å². The second kappa shape index (κ2) is 5.32. The van der Waals surface area contributed by atoms with Crippen LogP contribution in [-0.2, 0) is 19.0 Å². The Morgan fingerprint density at radius 2 is 1.86 bits per heavy atom. The summed E-state index contributed by atoms with van der Waals surface area (Å²) in [4.78, 5) is 12.1. The maximum Gasteiger partial charge on any atom is 0.308 e. The second-order valence-corrected chi connectivity index (χ2v) is 10.1. The molecule has 0 aromatic carbocycles. The van der Waals surface area contributed by atoms with E-state index in [1.807, 2.05) is 37.4 Å². The molecule has 4 nitrogen and oxygen atoms in total. The van der Waals surface area contributed by atoms with E-state index in [1.54, 1.807) is 0 Å². The molecule has 3 aliphatic heterocycles. The first kappa shape index (κ1) is 16.0. The van der Waals surface area contributed by atoms with Crippen molar-refractivity contribution in [2.45, 2.75) is 62.6 Å². The van der Waals surface area contributed by atoms with Crippen LogP contribution in [0.15, 0.2) is 0 Å². The number of carbonyl (C=O) groups excluding carboxylic acids is 1. The van der Waals surface area contributed by atoms with Crippen LogP contribution >= 0.6 is 23.5 Å². The summed E-state index contributed by atoms with van der Waals surface area (Å²) < 4.78 is 17.2. The van der Waals surface area contributed by atoms with E-state index in [-0.39, 0.29) is 27.7 Å². The van der Waals surface area contributed by atoms with Crippen LogP contribution in [0.25, 0.3) is 0 Å². The van der Waals surface area contributed by atoms with E-state index >= 15 is 0 Å². The van der Waals surface area contributed by atoms with Crippen LogP contribution in [0, 0.1) is 5.41 Å². The Bertz CT molecular complexity index is 429. The highest BCUT2D eigenvalue weighted by atomic mass is 32.2. The Morgan fingerprint density at radius 3 is 2.43 bits per heavy atom. The molecule has 120 valence electrons. The Balaban J connectivity index is 1.76. The monoisotopic (exact) mass is 332 g/mol. The summed E-state index contributed by atoms with van der Waals surface area (Å²) in [6, 6.07) is 0. The molecule has 0 N–H and O–H groups in total. The molecule has 0 unspecified atom stereocenters. The van der Waals surface area contributed by atoms with Crippen molar-refractivity contribution in [2.24, 2.45) is 5.41 Å². The lowest BCUT2D eigenvalue weighted by Crippen LogP contribution is -2.54.